The molecular formula is C22H31N3O3. The third kappa shape index (κ3) is 5.12. The van der Waals surface area contributed by atoms with E-state index in [1.54, 1.807) is 0 Å². The summed E-state index contributed by atoms with van der Waals surface area (Å²) in [5.74, 6) is 0.199. The summed E-state index contributed by atoms with van der Waals surface area (Å²) in [6, 6.07) is 7.58. The molecule has 2 fully saturated rings. The summed E-state index contributed by atoms with van der Waals surface area (Å²) >= 11 is 0. The van der Waals surface area contributed by atoms with Crippen molar-refractivity contribution in [1.82, 2.24) is 15.1 Å². The van der Waals surface area contributed by atoms with Gasteiger partial charge >= 0.3 is 0 Å². The van der Waals surface area contributed by atoms with Crippen molar-refractivity contribution < 1.29 is 14.4 Å². The Kier molecular flexibility index (Phi) is 6.70. The Bertz CT molecular complexity index is 702. The predicted octanol–water partition coefficient (Wildman–Crippen LogP) is 2.42. The molecule has 0 aromatic heterocycles. The Hall–Kier alpha value is -2.37. The van der Waals surface area contributed by atoms with Gasteiger partial charge in [0.15, 0.2) is 0 Å². The monoisotopic (exact) mass is 385 g/mol. The van der Waals surface area contributed by atoms with Crippen LogP contribution in [0.2, 0.25) is 0 Å². The van der Waals surface area contributed by atoms with Crippen molar-refractivity contribution in [2.24, 2.45) is 5.92 Å². The van der Waals surface area contributed by atoms with E-state index in [0.717, 1.165) is 49.9 Å². The summed E-state index contributed by atoms with van der Waals surface area (Å²) in [5.41, 5.74) is 2.08. The van der Waals surface area contributed by atoms with Crippen LogP contribution in [0.1, 0.15) is 56.2 Å². The lowest BCUT2D eigenvalue weighted by atomic mass is 9.94. The molecule has 0 radical (unpaired) electrons. The van der Waals surface area contributed by atoms with Gasteiger partial charge in [-0.1, -0.05) is 29.8 Å². The van der Waals surface area contributed by atoms with E-state index >= 15 is 0 Å². The first-order valence-corrected chi connectivity index (χ1v) is 10.3. The summed E-state index contributed by atoms with van der Waals surface area (Å²) in [6.07, 6.45) is 3.92. The van der Waals surface area contributed by atoms with Crippen LogP contribution in [0.3, 0.4) is 0 Å². The van der Waals surface area contributed by atoms with E-state index in [2.05, 4.69) is 5.32 Å². The molecule has 1 aromatic carbocycles. The lowest BCUT2D eigenvalue weighted by Gasteiger charge is -2.34. The van der Waals surface area contributed by atoms with Crippen LogP contribution >= 0.6 is 0 Å². The number of carbonyl (C=O) groups is 3. The maximum atomic E-state index is 12.8. The van der Waals surface area contributed by atoms with Crippen molar-refractivity contribution in [3.63, 3.8) is 0 Å². The molecule has 2 aliphatic heterocycles. The van der Waals surface area contributed by atoms with Crippen LogP contribution in [0.15, 0.2) is 24.3 Å². The van der Waals surface area contributed by atoms with E-state index in [-0.39, 0.29) is 36.1 Å². The van der Waals surface area contributed by atoms with Gasteiger partial charge in [0.05, 0.1) is 12.5 Å². The number of nitrogens with one attached hydrogen (secondary N) is 1. The molecule has 3 rings (SSSR count). The highest BCUT2D eigenvalue weighted by atomic mass is 16.2. The van der Waals surface area contributed by atoms with Gasteiger partial charge in [-0.15, -0.1) is 0 Å². The lowest BCUT2D eigenvalue weighted by Crippen LogP contribution is -2.44. The highest BCUT2D eigenvalue weighted by molar-refractivity contribution is 5.81. The quantitative estimate of drug-likeness (QED) is 0.846. The standard InChI is InChI=1S/C22H31N3O3/c1-16-5-7-18(8-6-16)20(23-17(2)26)15-21(27)24-13-9-19(10-14-24)22(28)25-11-3-4-12-25/h5-8,19-20H,3-4,9-15H2,1-2H3,(H,23,26). The normalized spacial score (nSPS) is 18.8. The number of amides is 3. The number of hydrogen-bond donors (Lipinski definition) is 1. The average Bonchev–Trinajstić information content (AvgIpc) is 3.22. The van der Waals surface area contributed by atoms with Gasteiger partial charge in [-0.2, -0.15) is 0 Å². The SMILES string of the molecule is CC(=O)NC(CC(=O)N1CCC(C(=O)N2CCCC2)CC1)c1ccc(C)cc1. The molecule has 0 saturated carbocycles. The molecule has 2 aliphatic rings. The van der Waals surface area contributed by atoms with E-state index < -0.39 is 0 Å². The van der Waals surface area contributed by atoms with Gasteiger partial charge in [-0.25, -0.2) is 0 Å². The largest absolute Gasteiger partial charge is 0.349 e. The van der Waals surface area contributed by atoms with Crippen LogP contribution in [-0.2, 0) is 14.4 Å². The van der Waals surface area contributed by atoms with Crippen LogP contribution < -0.4 is 5.32 Å². The van der Waals surface area contributed by atoms with Crippen molar-refractivity contribution >= 4 is 17.7 Å². The molecule has 28 heavy (non-hydrogen) atoms. The Morgan fingerprint density at radius 2 is 1.61 bits per heavy atom. The number of benzene rings is 1. The molecular weight excluding hydrogens is 354 g/mol. The molecule has 1 unspecified atom stereocenters. The number of carbonyl (C=O) groups excluding carboxylic acids is 3. The topological polar surface area (TPSA) is 69.7 Å². The molecule has 1 aromatic rings. The van der Waals surface area contributed by atoms with Gasteiger partial charge < -0.3 is 15.1 Å². The molecule has 1 N–H and O–H groups in total. The van der Waals surface area contributed by atoms with Crippen molar-refractivity contribution in [2.75, 3.05) is 26.2 Å². The van der Waals surface area contributed by atoms with Gasteiger partial charge in [-0.3, -0.25) is 14.4 Å². The molecule has 0 aliphatic carbocycles. The van der Waals surface area contributed by atoms with Gasteiger partial charge in [-0.05, 0) is 38.2 Å². The zero-order valence-electron chi connectivity index (χ0n) is 16.9. The third-order valence-electron chi connectivity index (χ3n) is 5.85. The number of nitrogens with zero attached hydrogens (tertiary/aromatic N) is 2. The van der Waals surface area contributed by atoms with Crippen molar-refractivity contribution in [2.45, 2.75) is 52.0 Å². The Morgan fingerprint density at radius 1 is 1.00 bits per heavy atom. The number of hydrogen-bond acceptors (Lipinski definition) is 3. The number of piperidine rings is 1. The second-order valence-corrected chi connectivity index (χ2v) is 8.06. The second-order valence-electron chi connectivity index (χ2n) is 8.06. The summed E-state index contributed by atoms with van der Waals surface area (Å²) in [7, 11) is 0. The highest BCUT2D eigenvalue weighted by Gasteiger charge is 2.32. The van der Waals surface area contributed by atoms with Gasteiger partial charge in [0.25, 0.3) is 0 Å². The van der Waals surface area contributed by atoms with E-state index in [4.69, 9.17) is 0 Å². The van der Waals surface area contributed by atoms with Crippen molar-refractivity contribution in [1.29, 1.82) is 0 Å². The zero-order valence-corrected chi connectivity index (χ0v) is 16.9. The van der Waals surface area contributed by atoms with E-state index in [0.29, 0.717) is 13.1 Å². The van der Waals surface area contributed by atoms with Gasteiger partial charge in [0.2, 0.25) is 17.7 Å². The minimum absolute atomic E-state index is 0.0337. The maximum Gasteiger partial charge on any atom is 0.225 e. The Labute approximate surface area is 167 Å². The van der Waals surface area contributed by atoms with E-state index in [1.807, 2.05) is 41.0 Å². The smallest absolute Gasteiger partial charge is 0.225 e. The van der Waals surface area contributed by atoms with E-state index in [9.17, 15) is 14.4 Å². The fourth-order valence-electron chi connectivity index (χ4n) is 4.17. The zero-order chi connectivity index (χ0) is 20.1. The van der Waals surface area contributed by atoms with Gasteiger partial charge in [0, 0.05) is 39.0 Å². The molecule has 6 heteroatoms. The number of rotatable bonds is 5. The molecule has 0 bridgehead atoms. The summed E-state index contributed by atoms with van der Waals surface area (Å²) in [5, 5.41) is 2.90. The summed E-state index contributed by atoms with van der Waals surface area (Å²) in [4.78, 5) is 40.8. The van der Waals surface area contributed by atoms with Crippen molar-refractivity contribution in [3.05, 3.63) is 35.4 Å². The Morgan fingerprint density at radius 3 is 2.18 bits per heavy atom. The first-order chi connectivity index (χ1) is 13.4. The molecule has 1 atom stereocenters. The number of likely N-dealkylation sites (tertiary alicyclic amines) is 2. The third-order valence-corrected chi connectivity index (χ3v) is 5.85. The fraction of sp³-hybridized carbons (Fsp3) is 0.591. The van der Waals surface area contributed by atoms with Crippen LogP contribution in [-0.4, -0.2) is 53.7 Å². The van der Waals surface area contributed by atoms with Crippen LogP contribution in [0.4, 0.5) is 0 Å². The minimum Gasteiger partial charge on any atom is -0.349 e. The van der Waals surface area contributed by atoms with Crippen LogP contribution in [0, 0.1) is 12.8 Å². The molecule has 6 nitrogen and oxygen atoms in total. The fourth-order valence-corrected chi connectivity index (χ4v) is 4.17. The minimum atomic E-state index is -0.324. The molecule has 3 amide bonds. The Balaban J connectivity index is 1.56. The predicted molar refractivity (Wildman–Crippen MR) is 107 cm³/mol. The van der Waals surface area contributed by atoms with Crippen LogP contribution in [0.25, 0.3) is 0 Å². The molecule has 2 heterocycles. The maximum absolute atomic E-state index is 12.8. The molecule has 152 valence electrons. The molecule has 2 saturated heterocycles. The van der Waals surface area contributed by atoms with Crippen molar-refractivity contribution in [3.8, 4) is 0 Å². The van der Waals surface area contributed by atoms with E-state index in [1.165, 1.54) is 6.92 Å². The average molecular weight is 386 g/mol. The van der Waals surface area contributed by atoms with Crippen LogP contribution in [0.5, 0.6) is 0 Å². The highest BCUT2D eigenvalue weighted by Crippen LogP contribution is 2.24. The number of aryl methyl sites for hydroxylation is 1. The first kappa shape index (κ1) is 20.4. The lowest BCUT2D eigenvalue weighted by molar-refractivity contribution is -0.140. The first-order valence-electron chi connectivity index (χ1n) is 10.3. The summed E-state index contributed by atoms with van der Waals surface area (Å²) < 4.78 is 0. The second kappa shape index (κ2) is 9.22. The van der Waals surface area contributed by atoms with Gasteiger partial charge in [0.1, 0.15) is 0 Å². The molecule has 0 spiro atoms. The summed E-state index contributed by atoms with van der Waals surface area (Å²) in [6.45, 7) is 6.48.